The molecule has 1 saturated heterocycles. The summed E-state index contributed by atoms with van der Waals surface area (Å²) in [5.74, 6) is 0.726. The topological polar surface area (TPSA) is 67.9 Å². The Labute approximate surface area is 170 Å². The van der Waals surface area contributed by atoms with Gasteiger partial charge in [-0.2, -0.15) is 13.2 Å². The third-order valence-corrected chi connectivity index (χ3v) is 5.23. The lowest BCUT2D eigenvalue weighted by Gasteiger charge is -2.20. The van der Waals surface area contributed by atoms with E-state index in [-0.39, 0.29) is 17.6 Å². The molecule has 2 aromatic rings. The van der Waals surface area contributed by atoms with Gasteiger partial charge in [0.2, 0.25) is 11.8 Å². The van der Waals surface area contributed by atoms with Crippen LogP contribution in [0.2, 0.25) is 0 Å². The van der Waals surface area contributed by atoms with Crippen molar-refractivity contribution in [3.05, 3.63) is 47.5 Å². The first-order valence-electron chi connectivity index (χ1n) is 9.44. The molecule has 0 aliphatic carbocycles. The zero-order valence-electron chi connectivity index (χ0n) is 16.1. The molecule has 4 rings (SSSR count). The summed E-state index contributed by atoms with van der Waals surface area (Å²) >= 11 is 0. The van der Waals surface area contributed by atoms with Crippen molar-refractivity contribution in [2.24, 2.45) is 0 Å². The maximum atomic E-state index is 12.7. The molecule has 1 atom stereocenters. The van der Waals surface area contributed by atoms with Crippen LogP contribution in [0.5, 0.6) is 17.2 Å². The molecule has 0 radical (unpaired) electrons. The summed E-state index contributed by atoms with van der Waals surface area (Å²) in [5.41, 5.74) is 0.468. The van der Waals surface area contributed by atoms with Crippen LogP contribution >= 0.6 is 0 Å². The molecule has 2 heterocycles. The van der Waals surface area contributed by atoms with Gasteiger partial charge in [-0.25, -0.2) is 0 Å². The molecule has 0 unspecified atom stereocenters. The molecule has 9 heteroatoms. The van der Waals surface area contributed by atoms with Gasteiger partial charge in [0.25, 0.3) is 0 Å². The summed E-state index contributed by atoms with van der Waals surface area (Å²) in [4.78, 5) is 25.8. The lowest BCUT2D eigenvalue weighted by Crippen LogP contribution is -2.38. The molecule has 2 aromatic carbocycles. The number of likely N-dealkylation sites (tertiary alicyclic amines) is 1. The maximum absolute atomic E-state index is 12.7. The molecule has 0 aromatic heterocycles. The minimum atomic E-state index is -4.42. The molecule has 158 valence electrons. The van der Waals surface area contributed by atoms with Crippen LogP contribution in [0.1, 0.15) is 24.0 Å². The van der Waals surface area contributed by atoms with Gasteiger partial charge in [-0.1, -0.05) is 0 Å². The third kappa shape index (κ3) is 3.92. The molecule has 2 aliphatic heterocycles. The Morgan fingerprint density at radius 2 is 1.90 bits per heavy atom. The molecule has 1 fully saturated rings. The van der Waals surface area contributed by atoms with E-state index in [9.17, 15) is 22.8 Å². The van der Waals surface area contributed by atoms with E-state index in [1.165, 1.54) is 17.0 Å². The second kappa shape index (κ2) is 7.55. The van der Waals surface area contributed by atoms with Gasteiger partial charge >= 0.3 is 6.18 Å². The summed E-state index contributed by atoms with van der Waals surface area (Å²) < 4.78 is 49.5. The average molecular weight is 420 g/mol. The van der Waals surface area contributed by atoms with Crippen molar-refractivity contribution in [3.63, 3.8) is 0 Å². The Morgan fingerprint density at radius 1 is 1.17 bits per heavy atom. The van der Waals surface area contributed by atoms with E-state index >= 15 is 0 Å². The Kier molecular flexibility index (Phi) is 5.05. The predicted molar refractivity (Wildman–Crippen MR) is 102 cm³/mol. The monoisotopic (exact) mass is 420 g/mol. The largest absolute Gasteiger partial charge is 0.491 e. The van der Waals surface area contributed by atoms with Crippen LogP contribution < -0.4 is 14.8 Å². The molecule has 0 saturated carbocycles. The van der Waals surface area contributed by atoms with Gasteiger partial charge in [0, 0.05) is 31.5 Å². The summed E-state index contributed by atoms with van der Waals surface area (Å²) in [7, 11) is 1.59. The second-order valence-corrected chi connectivity index (χ2v) is 7.23. The molecular weight excluding hydrogens is 401 g/mol. The van der Waals surface area contributed by atoms with Crippen LogP contribution in [-0.4, -0.2) is 36.4 Å². The zero-order chi connectivity index (χ0) is 21.5. The Morgan fingerprint density at radius 3 is 2.53 bits per heavy atom. The number of rotatable bonds is 4. The van der Waals surface area contributed by atoms with Crippen molar-refractivity contribution in [3.8, 4) is 17.2 Å². The number of benzene rings is 2. The first-order valence-corrected chi connectivity index (χ1v) is 9.44. The molecule has 2 amide bonds. The van der Waals surface area contributed by atoms with Crippen LogP contribution in [0.3, 0.4) is 0 Å². The van der Waals surface area contributed by atoms with E-state index in [1.54, 1.807) is 19.2 Å². The van der Waals surface area contributed by atoms with Crippen molar-refractivity contribution in [2.75, 3.05) is 19.0 Å². The SMILES string of the molecule is CN1C(=O)CC[C@@H]1C(=O)Nc1cc(Oc2ccc(C(F)(F)F)cc2)cc2c1OCC2. The maximum Gasteiger partial charge on any atom is 0.416 e. The molecule has 1 N–H and O–H groups in total. The lowest BCUT2D eigenvalue weighted by molar-refractivity contribution is -0.137. The van der Waals surface area contributed by atoms with Gasteiger partial charge in [0.15, 0.2) is 0 Å². The van der Waals surface area contributed by atoms with Crippen molar-refractivity contribution in [1.29, 1.82) is 0 Å². The fourth-order valence-corrected chi connectivity index (χ4v) is 3.61. The van der Waals surface area contributed by atoms with Gasteiger partial charge in [-0.3, -0.25) is 9.59 Å². The number of carbonyl (C=O) groups is 2. The minimum absolute atomic E-state index is 0.0870. The van der Waals surface area contributed by atoms with Crippen LogP contribution in [0.25, 0.3) is 0 Å². The lowest BCUT2D eigenvalue weighted by atomic mass is 10.1. The van der Waals surface area contributed by atoms with E-state index in [2.05, 4.69) is 5.32 Å². The van der Waals surface area contributed by atoms with Gasteiger partial charge < -0.3 is 19.7 Å². The molecule has 6 nitrogen and oxygen atoms in total. The van der Waals surface area contributed by atoms with E-state index in [1.807, 2.05) is 0 Å². The van der Waals surface area contributed by atoms with Crippen molar-refractivity contribution >= 4 is 17.5 Å². The number of halogens is 3. The first kappa shape index (κ1) is 20.1. The molecule has 0 bridgehead atoms. The number of ether oxygens (including phenoxy) is 2. The highest BCUT2D eigenvalue weighted by atomic mass is 19.4. The van der Waals surface area contributed by atoms with Crippen molar-refractivity contribution < 1.29 is 32.2 Å². The number of amides is 2. The van der Waals surface area contributed by atoms with E-state index < -0.39 is 17.8 Å². The molecule has 30 heavy (non-hydrogen) atoms. The van der Waals surface area contributed by atoms with Gasteiger partial charge in [0.1, 0.15) is 23.3 Å². The van der Waals surface area contributed by atoms with E-state index in [0.29, 0.717) is 43.1 Å². The number of carbonyl (C=O) groups excluding carboxylic acids is 2. The number of hydrogen-bond acceptors (Lipinski definition) is 4. The Bertz CT molecular complexity index is 989. The van der Waals surface area contributed by atoms with Gasteiger partial charge in [0.05, 0.1) is 17.9 Å². The normalized spacial score (nSPS) is 18.2. The Hall–Kier alpha value is -3.23. The third-order valence-electron chi connectivity index (χ3n) is 5.23. The van der Waals surface area contributed by atoms with Crippen LogP contribution in [-0.2, 0) is 22.2 Å². The van der Waals surface area contributed by atoms with Gasteiger partial charge in [-0.15, -0.1) is 0 Å². The number of nitrogens with zero attached hydrogens (tertiary/aromatic N) is 1. The number of hydrogen-bond donors (Lipinski definition) is 1. The summed E-state index contributed by atoms with van der Waals surface area (Å²) in [6.45, 7) is 0.448. The van der Waals surface area contributed by atoms with Crippen molar-refractivity contribution in [1.82, 2.24) is 4.90 Å². The minimum Gasteiger partial charge on any atom is -0.491 e. The number of alkyl halides is 3. The smallest absolute Gasteiger partial charge is 0.416 e. The molecular formula is C21H19F3N2O4. The quantitative estimate of drug-likeness (QED) is 0.812. The van der Waals surface area contributed by atoms with Gasteiger partial charge in [-0.05, 0) is 36.8 Å². The van der Waals surface area contributed by atoms with Crippen LogP contribution in [0, 0.1) is 0 Å². The number of nitrogens with one attached hydrogen (secondary N) is 1. The zero-order valence-corrected chi connectivity index (χ0v) is 16.1. The second-order valence-electron chi connectivity index (χ2n) is 7.23. The molecule has 2 aliphatic rings. The number of anilines is 1. The fourth-order valence-electron chi connectivity index (χ4n) is 3.61. The summed E-state index contributed by atoms with van der Waals surface area (Å²) in [5, 5.41) is 2.80. The van der Waals surface area contributed by atoms with Crippen LogP contribution in [0.15, 0.2) is 36.4 Å². The van der Waals surface area contributed by atoms with Crippen LogP contribution in [0.4, 0.5) is 18.9 Å². The molecule has 0 spiro atoms. The number of likely N-dealkylation sites (N-methyl/N-ethyl adjacent to an activating group) is 1. The highest BCUT2D eigenvalue weighted by Crippen LogP contribution is 2.40. The standard InChI is InChI=1S/C21H19F3N2O4/c1-26-17(6-7-18(26)27)20(28)25-16-11-15(10-12-8-9-29-19(12)16)30-14-4-2-13(3-5-14)21(22,23)24/h2-5,10-11,17H,6-9H2,1H3,(H,25,28)/t17-/m1/s1. The van der Waals surface area contributed by atoms with E-state index in [0.717, 1.165) is 17.7 Å². The Balaban J connectivity index is 1.56. The van der Waals surface area contributed by atoms with E-state index in [4.69, 9.17) is 9.47 Å². The summed E-state index contributed by atoms with van der Waals surface area (Å²) in [6.07, 6.45) is -3.05. The highest BCUT2D eigenvalue weighted by Gasteiger charge is 2.34. The van der Waals surface area contributed by atoms with Crippen molar-refractivity contribution in [2.45, 2.75) is 31.5 Å². The summed E-state index contributed by atoms with van der Waals surface area (Å²) in [6, 6.07) is 7.11. The highest BCUT2D eigenvalue weighted by molar-refractivity contribution is 6.00. The predicted octanol–water partition coefficient (Wildman–Crippen LogP) is 3.99. The number of fused-ring (bicyclic) bond motifs is 1. The average Bonchev–Trinajstić information content (AvgIpc) is 3.28. The fraction of sp³-hybridized carbons (Fsp3) is 0.333. The first-order chi connectivity index (χ1) is 14.2.